The van der Waals surface area contributed by atoms with Gasteiger partial charge in [-0.1, -0.05) is 50.8 Å². The average Bonchev–Trinajstić information content (AvgIpc) is 3.46. The number of carbonyl (C=O) groups excluding carboxylic acids is 1. The Hall–Kier alpha value is -3.29. The van der Waals surface area contributed by atoms with Gasteiger partial charge in [-0.15, -0.1) is 0 Å². The van der Waals surface area contributed by atoms with Crippen molar-refractivity contribution in [2.75, 3.05) is 24.8 Å². The second-order valence-electron chi connectivity index (χ2n) is 10.6. The molecule has 1 amide bonds. The van der Waals surface area contributed by atoms with Gasteiger partial charge in [0.25, 0.3) is 11.5 Å². The third-order valence-corrected chi connectivity index (χ3v) is 8.77. The summed E-state index contributed by atoms with van der Waals surface area (Å²) in [4.78, 5) is 31.4. The number of thioether (sulfide) groups is 1. The van der Waals surface area contributed by atoms with Crippen LogP contribution < -0.4 is 19.9 Å². The Morgan fingerprint density at radius 3 is 2.59 bits per heavy atom. The summed E-state index contributed by atoms with van der Waals surface area (Å²) in [6, 6.07) is 7.73. The predicted octanol–water partition coefficient (Wildman–Crippen LogP) is 5.05. The summed E-state index contributed by atoms with van der Waals surface area (Å²) in [5, 5.41) is 9.91. The van der Waals surface area contributed by atoms with Gasteiger partial charge < -0.3 is 14.4 Å². The van der Waals surface area contributed by atoms with Crippen LogP contribution in [0.15, 0.2) is 27.9 Å². The SMILES string of the molecule is CCCn1c(N2CC(C)CC(C)C2)c(/C=C2/SC(=S)N(Cc3ccc4c(c3)OCO4)C2=O)c(C)c(C#N)c1=O. The van der Waals surface area contributed by atoms with Crippen molar-refractivity contribution in [3.8, 4) is 17.6 Å². The molecule has 204 valence electrons. The van der Waals surface area contributed by atoms with Crippen molar-refractivity contribution < 1.29 is 14.3 Å². The van der Waals surface area contributed by atoms with Gasteiger partial charge in [0.1, 0.15) is 21.8 Å². The first-order valence-corrected chi connectivity index (χ1v) is 14.5. The third kappa shape index (κ3) is 5.18. The van der Waals surface area contributed by atoms with Gasteiger partial charge in [-0.2, -0.15) is 5.26 Å². The maximum atomic E-state index is 13.6. The molecule has 0 spiro atoms. The highest BCUT2D eigenvalue weighted by Gasteiger charge is 2.34. The number of hydrogen-bond donors (Lipinski definition) is 0. The van der Waals surface area contributed by atoms with Gasteiger partial charge in [0.15, 0.2) is 11.5 Å². The molecule has 0 saturated carbocycles. The average molecular weight is 565 g/mol. The van der Waals surface area contributed by atoms with Gasteiger partial charge >= 0.3 is 0 Å². The first-order valence-electron chi connectivity index (χ1n) is 13.3. The molecule has 3 aliphatic heterocycles. The minimum atomic E-state index is -0.273. The number of carbonyl (C=O) groups is 1. The normalized spacial score (nSPS) is 21.7. The number of fused-ring (bicyclic) bond motifs is 1. The van der Waals surface area contributed by atoms with Crippen LogP contribution in [0.1, 0.15) is 55.9 Å². The zero-order chi connectivity index (χ0) is 27.8. The molecule has 1 aromatic heterocycles. The molecule has 8 nitrogen and oxygen atoms in total. The Bertz CT molecular complexity index is 1470. The van der Waals surface area contributed by atoms with Crippen LogP contribution in [-0.2, 0) is 17.9 Å². The van der Waals surface area contributed by atoms with Gasteiger partial charge in [0, 0.05) is 25.2 Å². The van der Waals surface area contributed by atoms with E-state index in [1.54, 1.807) is 16.4 Å². The molecule has 0 radical (unpaired) electrons. The first-order chi connectivity index (χ1) is 18.7. The van der Waals surface area contributed by atoms with Gasteiger partial charge in [0.2, 0.25) is 6.79 Å². The lowest BCUT2D eigenvalue weighted by Crippen LogP contribution is -2.43. The number of benzene rings is 1. The lowest BCUT2D eigenvalue weighted by molar-refractivity contribution is -0.122. The minimum Gasteiger partial charge on any atom is -0.454 e. The van der Waals surface area contributed by atoms with Crippen LogP contribution in [0.4, 0.5) is 5.82 Å². The molecular formula is C29H32N4O4S2. The summed E-state index contributed by atoms with van der Waals surface area (Å²) in [6.07, 6.45) is 3.70. The van der Waals surface area contributed by atoms with E-state index in [0.717, 1.165) is 42.9 Å². The Balaban J connectivity index is 1.57. The number of nitrogens with zero attached hydrogens (tertiary/aromatic N) is 4. The molecule has 3 aliphatic rings. The van der Waals surface area contributed by atoms with Gasteiger partial charge in [-0.25, -0.2) is 0 Å². The Labute approximate surface area is 238 Å². The Kier molecular flexibility index (Phi) is 7.74. The highest BCUT2D eigenvalue weighted by atomic mass is 32.2. The van der Waals surface area contributed by atoms with Crippen LogP contribution in [0, 0.1) is 30.1 Å². The van der Waals surface area contributed by atoms with Crippen LogP contribution in [-0.4, -0.2) is 39.6 Å². The van der Waals surface area contributed by atoms with Crippen molar-refractivity contribution in [1.82, 2.24) is 9.47 Å². The van der Waals surface area contributed by atoms with E-state index in [4.69, 9.17) is 21.7 Å². The zero-order valence-electron chi connectivity index (χ0n) is 22.7. The smallest absolute Gasteiger partial charge is 0.270 e. The maximum absolute atomic E-state index is 13.6. The second kappa shape index (κ2) is 11.1. The fourth-order valence-corrected chi connectivity index (χ4v) is 6.98. The number of ether oxygens (including phenoxy) is 2. The molecular weight excluding hydrogens is 532 g/mol. The fraction of sp³-hybridized carbons (Fsp3) is 0.448. The predicted molar refractivity (Wildman–Crippen MR) is 157 cm³/mol. The Morgan fingerprint density at radius 1 is 1.18 bits per heavy atom. The largest absolute Gasteiger partial charge is 0.454 e. The summed E-state index contributed by atoms with van der Waals surface area (Å²) in [6.45, 7) is 10.9. The number of pyridine rings is 1. The molecule has 5 rings (SSSR count). The number of amides is 1. The molecule has 2 fully saturated rings. The van der Waals surface area contributed by atoms with Crippen molar-refractivity contribution in [1.29, 1.82) is 5.26 Å². The third-order valence-electron chi connectivity index (χ3n) is 7.39. The minimum absolute atomic E-state index is 0.118. The second-order valence-corrected chi connectivity index (χ2v) is 12.3. The van der Waals surface area contributed by atoms with Gasteiger partial charge in [0.05, 0.1) is 11.4 Å². The summed E-state index contributed by atoms with van der Waals surface area (Å²) < 4.78 is 13.1. The fourth-order valence-electron chi connectivity index (χ4n) is 5.74. The highest BCUT2D eigenvalue weighted by molar-refractivity contribution is 8.26. The van der Waals surface area contributed by atoms with Crippen LogP contribution in [0.5, 0.6) is 11.5 Å². The molecule has 2 atom stereocenters. The lowest BCUT2D eigenvalue weighted by atomic mass is 9.91. The van der Waals surface area contributed by atoms with Crippen molar-refractivity contribution in [2.24, 2.45) is 11.8 Å². The number of anilines is 1. The monoisotopic (exact) mass is 564 g/mol. The number of aromatic nitrogens is 1. The molecule has 2 unspecified atom stereocenters. The molecule has 39 heavy (non-hydrogen) atoms. The summed E-state index contributed by atoms with van der Waals surface area (Å²) >= 11 is 6.87. The van der Waals surface area contributed by atoms with Crippen LogP contribution in [0.25, 0.3) is 6.08 Å². The Morgan fingerprint density at radius 2 is 1.90 bits per heavy atom. The molecule has 1 aromatic carbocycles. The number of piperidine rings is 1. The molecule has 4 heterocycles. The van der Waals surface area contributed by atoms with E-state index >= 15 is 0 Å². The summed E-state index contributed by atoms with van der Waals surface area (Å²) in [5.41, 5.74) is 2.06. The van der Waals surface area contributed by atoms with E-state index in [1.807, 2.05) is 31.2 Å². The van der Waals surface area contributed by atoms with Crippen LogP contribution in [0.2, 0.25) is 0 Å². The van der Waals surface area contributed by atoms with E-state index in [9.17, 15) is 14.9 Å². The van der Waals surface area contributed by atoms with E-state index in [0.29, 0.717) is 51.2 Å². The van der Waals surface area contributed by atoms with Crippen molar-refractivity contribution in [3.63, 3.8) is 0 Å². The van der Waals surface area contributed by atoms with Gasteiger partial charge in [-0.05, 0) is 60.9 Å². The molecule has 0 aliphatic carbocycles. The summed E-state index contributed by atoms with van der Waals surface area (Å²) in [7, 11) is 0. The molecule has 2 aromatic rings. The van der Waals surface area contributed by atoms with Crippen molar-refractivity contribution in [3.05, 3.63) is 55.7 Å². The number of thiocarbonyl (C=S) groups is 1. The number of rotatable bonds is 6. The highest BCUT2D eigenvalue weighted by Crippen LogP contribution is 2.39. The zero-order valence-corrected chi connectivity index (χ0v) is 24.3. The number of nitriles is 1. The van der Waals surface area contributed by atoms with Gasteiger partial charge in [-0.3, -0.25) is 19.1 Å². The quantitative estimate of drug-likeness (QED) is 0.356. The standard InChI is InChI=1S/C29H32N4O4S2/c1-5-8-32-26(31-13-17(2)9-18(3)14-31)21(19(4)22(12-30)27(32)34)11-25-28(35)33(29(38)39-25)15-20-6-7-23-24(10-20)37-16-36-23/h6-7,10-11,17-18H,5,8-9,13-16H2,1-4H3/b25-11+. The van der Waals surface area contributed by atoms with Crippen molar-refractivity contribution >= 4 is 46.1 Å². The molecule has 0 N–H and O–H groups in total. The molecule has 10 heteroatoms. The van der Waals surface area contributed by atoms with E-state index < -0.39 is 0 Å². The van der Waals surface area contributed by atoms with E-state index in [-0.39, 0.29) is 23.8 Å². The maximum Gasteiger partial charge on any atom is 0.270 e. The van der Waals surface area contributed by atoms with E-state index in [2.05, 4.69) is 24.8 Å². The van der Waals surface area contributed by atoms with Crippen molar-refractivity contribution in [2.45, 2.75) is 53.6 Å². The lowest BCUT2D eigenvalue weighted by Gasteiger charge is -2.39. The molecule has 0 bridgehead atoms. The first kappa shape index (κ1) is 27.3. The van der Waals surface area contributed by atoms with Crippen LogP contribution in [0.3, 0.4) is 0 Å². The van der Waals surface area contributed by atoms with E-state index in [1.165, 1.54) is 11.8 Å². The summed E-state index contributed by atoms with van der Waals surface area (Å²) in [5.74, 6) is 2.85. The number of hydrogen-bond acceptors (Lipinski definition) is 8. The topological polar surface area (TPSA) is 87.8 Å². The van der Waals surface area contributed by atoms with Crippen LogP contribution >= 0.6 is 24.0 Å². The molecule has 2 saturated heterocycles.